The van der Waals surface area contributed by atoms with Crippen LogP contribution in [0.4, 0.5) is 37.2 Å². The van der Waals surface area contributed by atoms with Crippen LogP contribution >= 0.6 is 0 Å². The van der Waals surface area contributed by atoms with E-state index < -0.39 is 11.4 Å². The lowest BCUT2D eigenvalue weighted by Crippen LogP contribution is -2.48. The number of benzene rings is 9. The molecule has 6 N–H and O–H groups in total. The van der Waals surface area contributed by atoms with E-state index in [2.05, 4.69) is 166 Å². The van der Waals surface area contributed by atoms with E-state index >= 15 is 0 Å². The van der Waals surface area contributed by atoms with Crippen LogP contribution in [0.2, 0.25) is 0 Å². The summed E-state index contributed by atoms with van der Waals surface area (Å²) in [6.07, 6.45) is 10.1. The molecule has 16 heterocycles. The Hall–Kier alpha value is -16.0. The molecule has 5 saturated heterocycles. The first kappa shape index (κ1) is 90.5. The van der Waals surface area contributed by atoms with Crippen LogP contribution < -0.4 is 62.3 Å². The smallest absolute Gasteiger partial charge is 0.282 e. The van der Waals surface area contributed by atoms with Gasteiger partial charge in [0, 0.05) is 198 Å². The molecule has 0 radical (unpaired) electrons. The Morgan fingerprint density at radius 3 is 1.19 bits per heavy atom. The number of piperazine rings is 3. The topological polar surface area (TPSA) is 329 Å². The largest absolute Gasteiger partial charge is 0.497 e. The van der Waals surface area contributed by atoms with Crippen molar-refractivity contribution in [1.82, 2.24) is 93.9 Å². The third kappa shape index (κ3) is 17.9. The molecule has 11 aromatic heterocycles. The number of ether oxygens (including phenoxy) is 3. The highest BCUT2D eigenvalue weighted by atomic mass is 19.1. The average molecular weight is 1880 g/mol. The van der Waals surface area contributed by atoms with E-state index in [1.165, 1.54) is 40.5 Å². The van der Waals surface area contributed by atoms with Crippen LogP contribution in [0, 0.1) is 11.6 Å². The summed E-state index contributed by atoms with van der Waals surface area (Å²) in [5.41, 5.74) is 14.5. The number of rotatable bonds is 12. The number of halogens is 2. The second-order valence-electron chi connectivity index (χ2n) is 36.0. The molecular weight excluding hydrogens is 1780 g/mol. The molecule has 0 aliphatic carbocycles. The Balaban J connectivity index is 0.000000104. The Kier molecular flexibility index (Phi) is 25.1. The van der Waals surface area contributed by atoms with Gasteiger partial charge in [-0.15, -0.1) is 0 Å². The predicted molar refractivity (Wildman–Crippen MR) is 549 cm³/mol. The van der Waals surface area contributed by atoms with Crippen LogP contribution in [-0.2, 0) is 9.47 Å². The van der Waals surface area contributed by atoms with E-state index in [1.807, 2.05) is 133 Å². The van der Waals surface area contributed by atoms with E-state index in [0.717, 1.165) is 222 Å². The van der Waals surface area contributed by atoms with E-state index in [-0.39, 0.29) is 51.3 Å². The summed E-state index contributed by atoms with van der Waals surface area (Å²) in [5, 5.41) is 26.4. The zero-order chi connectivity index (χ0) is 95.9. The molecule has 0 bridgehead atoms. The van der Waals surface area contributed by atoms with Gasteiger partial charge in [-0.25, -0.2) is 37.2 Å². The monoisotopic (exact) mass is 1880 g/mol. The third-order valence-corrected chi connectivity index (χ3v) is 26.9. The second-order valence-corrected chi connectivity index (χ2v) is 36.0. The minimum atomic E-state index is -0.526. The molecule has 2 atom stereocenters. The molecule has 710 valence electrons. The van der Waals surface area contributed by atoms with Gasteiger partial charge in [-0.1, -0.05) is 54.6 Å². The molecule has 34 heteroatoms. The Morgan fingerprint density at radius 1 is 0.350 bits per heavy atom. The second kappa shape index (κ2) is 38.9. The molecule has 5 aliphatic heterocycles. The number of hydrogen-bond acceptors (Lipinski definition) is 22. The third-order valence-electron chi connectivity index (χ3n) is 26.9. The quantitative estimate of drug-likeness (QED) is 0.0662. The lowest BCUT2D eigenvalue weighted by molar-refractivity contribution is -0.00521. The summed E-state index contributed by atoms with van der Waals surface area (Å²) < 4.78 is 53.0. The standard InChI is InChI=1S/C24H27N5O2.C22H22N4O2.C21H19F2N5O.C20H19N5O.C19H17N5O2/c1-16(2)27-10-12-28(13-11-27)18-6-9-22-20(14-18)23-21(15-25-22)24(30)29(26-23)17-4-7-19(31-3)8-5-17;1-14-12-25(13-15(2)28-14)17-8-9-20-18(10-17)21-19(11-23-20)22(27)26(24-21)16-6-4-3-5-7-16;1-26-6-8-27(9-7-26)19-11-17-13(10-16(19)23)20-14(12-24-17)21(29)28(25-20)18-5-3-2-4-15(18)22;26-20-17-13-22-18-7-6-15(24-10-8-21-9-11-24)12-16(18)19(17)23-25(20)14-4-2-1-3-5-14;25-19-15-12-21-16-5-4-13(23-7-9-26-10-8-23)11-14(16)18(15)22-24(19)17-3-1-2-6-20-17/h4-9,14-16,26H,10-13H2,1-3H3;3-11,14-15,24H,12-13H2,1-2H3;2-5,10-12,25H,6-9H2,1H3;1-7,12-13,21,23H,8-11H2;1-6,11-12,22H,7-10H2. The number of aromatic amines is 5. The fraction of sp³-hybridized carbons (Fsp3) is 0.255. The van der Waals surface area contributed by atoms with Crippen molar-refractivity contribution in [3.05, 3.63) is 313 Å². The lowest BCUT2D eigenvalue weighted by Gasteiger charge is -2.38. The highest BCUT2D eigenvalue weighted by Gasteiger charge is 2.28. The Labute approximate surface area is 799 Å². The first-order valence-electron chi connectivity index (χ1n) is 47.2. The molecule has 5 aliphatic rings. The number of anilines is 5. The van der Waals surface area contributed by atoms with Crippen molar-refractivity contribution in [3.8, 4) is 34.3 Å². The van der Waals surface area contributed by atoms with E-state index in [4.69, 9.17) is 14.2 Å². The maximum Gasteiger partial charge on any atom is 0.282 e. The molecule has 32 nitrogen and oxygen atoms in total. The van der Waals surface area contributed by atoms with Crippen molar-refractivity contribution in [2.45, 2.75) is 45.9 Å². The number of para-hydroxylation sites is 3. The zero-order valence-corrected chi connectivity index (χ0v) is 78.2. The number of nitrogens with one attached hydrogen (secondary N) is 6. The van der Waals surface area contributed by atoms with Crippen molar-refractivity contribution in [3.63, 3.8) is 0 Å². The summed E-state index contributed by atoms with van der Waals surface area (Å²) in [6.45, 7) is 24.8. The zero-order valence-electron chi connectivity index (χ0n) is 78.2. The number of methoxy groups -OCH3 is 1. The summed E-state index contributed by atoms with van der Waals surface area (Å²) in [6, 6.07) is 66.8. The summed E-state index contributed by atoms with van der Waals surface area (Å²) in [5.74, 6) is 0.422. The number of hydrogen-bond donors (Lipinski definition) is 6. The van der Waals surface area contributed by atoms with Crippen LogP contribution in [-0.4, -0.2) is 239 Å². The molecule has 0 saturated carbocycles. The molecule has 0 spiro atoms. The summed E-state index contributed by atoms with van der Waals surface area (Å²) >= 11 is 0. The number of aromatic nitrogens is 16. The summed E-state index contributed by atoms with van der Waals surface area (Å²) in [7, 11) is 3.67. The van der Waals surface area contributed by atoms with Gasteiger partial charge < -0.3 is 48.9 Å². The number of morpholine rings is 2. The molecule has 5 fully saturated rings. The van der Waals surface area contributed by atoms with Gasteiger partial charge in [-0.2, -0.15) is 0 Å². The fourth-order valence-electron chi connectivity index (χ4n) is 19.3. The lowest BCUT2D eigenvalue weighted by atomic mass is 10.1. The van der Waals surface area contributed by atoms with Crippen molar-refractivity contribution < 1.29 is 23.0 Å². The molecule has 9 aromatic carbocycles. The molecular formula is C106H104F2N24O8. The van der Waals surface area contributed by atoms with Gasteiger partial charge in [-0.05, 0) is 192 Å². The highest BCUT2D eigenvalue weighted by molar-refractivity contribution is 6.08. The van der Waals surface area contributed by atoms with E-state index in [9.17, 15) is 32.8 Å². The van der Waals surface area contributed by atoms with Crippen molar-refractivity contribution in [2.75, 3.05) is 157 Å². The van der Waals surface area contributed by atoms with E-state index in [0.29, 0.717) is 55.5 Å². The molecule has 140 heavy (non-hydrogen) atoms. The number of pyridine rings is 6. The highest BCUT2D eigenvalue weighted by Crippen LogP contribution is 2.36. The number of H-pyrrole nitrogens is 5. The molecule has 20 aromatic rings. The van der Waals surface area contributed by atoms with Gasteiger partial charge in [0.25, 0.3) is 27.8 Å². The van der Waals surface area contributed by atoms with Gasteiger partial charge in [0.15, 0.2) is 5.82 Å². The van der Waals surface area contributed by atoms with Crippen LogP contribution in [0.15, 0.2) is 273 Å². The van der Waals surface area contributed by atoms with Crippen LogP contribution in [0.1, 0.15) is 27.7 Å². The number of likely N-dealkylation sites (N-methyl/N-ethyl adjacent to an activating group) is 1. The van der Waals surface area contributed by atoms with E-state index in [1.54, 1.807) is 76.4 Å². The maximum absolute atomic E-state index is 15.0. The van der Waals surface area contributed by atoms with Gasteiger partial charge in [-0.3, -0.25) is 79.3 Å². The van der Waals surface area contributed by atoms with Crippen LogP contribution in [0.3, 0.4) is 0 Å². The first-order valence-corrected chi connectivity index (χ1v) is 47.2. The number of fused-ring (bicyclic) bond motifs is 15. The molecule has 25 rings (SSSR count). The normalized spacial score (nSPS) is 16.2. The fourth-order valence-corrected chi connectivity index (χ4v) is 19.3. The van der Waals surface area contributed by atoms with Gasteiger partial charge in [0.05, 0.1) is 137 Å². The average Bonchev–Trinajstić information content (AvgIpc) is 1.64. The molecule has 2 unspecified atom stereocenters. The first-order chi connectivity index (χ1) is 68.3. The Morgan fingerprint density at radius 2 is 0.736 bits per heavy atom. The minimum absolute atomic E-state index is 0.0758. The van der Waals surface area contributed by atoms with Crippen LogP contribution in [0.5, 0.6) is 5.75 Å². The van der Waals surface area contributed by atoms with Crippen molar-refractivity contribution in [1.29, 1.82) is 0 Å². The van der Waals surface area contributed by atoms with Gasteiger partial charge >= 0.3 is 0 Å². The van der Waals surface area contributed by atoms with Gasteiger partial charge in [0.2, 0.25) is 0 Å². The van der Waals surface area contributed by atoms with Crippen molar-refractivity contribution in [2.24, 2.45) is 0 Å². The minimum Gasteiger partial charge on any atom is -0.497 e. The van der Waals surface area contributed by atoms with Crippen LogP contribution in [0.25, 0.3) is 138 Å². The van der Waals surface area contributed by atoms with Gasteiger partial charge in [0.1, 0.15) is 23.1 Å². The SMILES string of the molecule is CC1CN(c2ccc3ncc4c(=O)n(-c5ccccc5)[nH]c4c3c2)CC(C)O1.CN1CCN(c2cc3ncc4c(=O)n(-c5ccccc5F)[nH]c4c3cc2F)CC1.COc1ccc(-n2[nH]c3c(cnc4ccc(N5CCN(C(C)C)CC5)cc43)c2=O)cc1.O=c1c2cnc3ccc(N4CCNCC4)cc3c2[nH]n1-c1ccccc1.O=c1c2cnc3ccc(N4CCOCC4)cc3c2[nH]n1-c1ccccn1. The predicted octanol–water partition coefficient (Wildman–Crippen LogP) is 14.2. The molecule has 0 amide bonds. The summed E-state index contributed by atoms with van der Waals surface area (Å²) in [4.78, 5) is 107. The maximum atomic E-state index is 15.0. The number of nitrogens with zero attached hydrogens (tertiary/aromatic N) is 18. The van der Waals surface area contributed by atoms with Crippen molar-refractivity contribution >= 4 is 137 Å². The Bertz CT molecular complexity index is 8120.